The van der Waals surface area contributed by atoms with Crippen LogP contribution >= 0.6 is 0 Å². The van der Waals surface area contributed by atoms with Crippen molar-refractivity contribution in [3.05, 3.63) is 71.0 Å². The van der Waals surface area contributed by atoms with E-state index in [0.717, 1.165) is 54.1 Å². The average molecular weight is 711 g/mol. The van der Waals surface area contributed by atoms with Gasteiger partial charge in [-0.1, -0.05) is 12.1 Å². The minimum Gasteiger partial charge on any atom is -0.385 e. The zero-order chi connectivity index (χ0) is 36.5. The Morgan fingerprint density at radius 3 is 2.56 bits per heavy atom. The van der Waals surface area contributed by atoms with Crippen molar-refractivity contribution in [3.63, 3.8) is 0 Å². The summed E-state index contributed by atoms with van der Waals surface area (Å²) in [5, 5.41) is 19.7. The second-order valence-corrected chi connectivity index (χ2v) is 13.6. The molecule has 0 spiro atoms. The number of likely N-dealkylation sites (N-methyl/N-ethyl adjacent to an activating group) is 1. The average Bonchev–Trinajstić information content (AvgIpc) is 3.60. The maximum atomic E-state index is 13.0. The van der Waals surface area contributed by atoms with Gasteiger partial charge in [-0.2, -0.15) is 0 Å². The molecule has 3 aromatic rings. The van der Waals surface area contributed by atoms with E-state index in [9.17, 15) is 29.1 Å². The molecule has 4 aliphatic heterocycles. The number of aliphatic hydroxyl groups excluding tert-OH is 1. The minimum absolute atomic E-state index is 0.0379. The van der Waals surface area contributed by atoms with E-state index in [1.165, 1.54) is 0 Å². The van der Waals surface area contributed by atoms with Gasteiger partial charge in [0, 0.05) is 68.7 Å². The van der Waals surface area contributed by atoms with Crippen molar-refractivity contribution in [1.29, 1.82) is 0 Å². The van der Waals surface area contributed by atoms with E-state index in [-0.39, 0.29) is 42.3 Å². The van der Waals surface area contributed by atoms with Gasteiger partial charge in [0.25, 0.3) is 11.8 Å². The van der Waals surface area contributed by atoms with E-state index in [0.29, 0.717) is 43.1 Å². The number of nitrogens with two attached hydrogens (primary N) is 1. The highest BCUT2D eigenvalue weighted by atomic mass is 16.3. The predicted molar refractivity (Wildman–Crippen MR) is 191 cm³/mol. The first kappa shape index (κ1) is 34.7. The number of nitrogens with zero attached hydrogens (tertiary/aromatic N) is 6. The van der Waals surface area contributed by atoms with Crippen LogP contribution in [0.3, 0.4) is 0 Å². The molecular weight excluding hydrogens is 668 g/mol. The van der Waals surface area contributed by atoms with Gasteiger partial charge >= 0.3 is 6.03 Å². The summed E-state index contributed by atoms with van der Waals surface area (Å²) < 4.78 is 0. The van der Waals surface area contributed by atoms with Crippen LogP contribution in [0.15, 0.2) is 48.7 Å². The highest BCUT2D eigenvalue weighted by Gasteiger charge is 2.44. The topological polar surface area (TPSA) is 206 Å². The fraction of sp³-hybridized carbons (Fsp3) is 0.417. The van der Waals surface area contributed by atoms with Gasteiger partial charge in [-0.15, -0.1) is 0 Å². The molecule has 3 saturated heterocycles. The number of benzene rings is 2. The number of piperidine rings is 2. The molecule has 52 heavy (non-hydrogen) atoms. The van der Waals surface area contributed by atoms with Crippen molar-refractivity contribution in [2.24, 2.45) is 5.73 Å². The maximum Gasteiger partial charge on any atom is 0.320 e. The van der Waals surface area contributed by atoms with Crippen LogP contribution in [0.4, 0.5) is 27.8 Å². The van der Waals surface area contributed by atoms with Gasteiger partial charge in [0.1, 0.15) is 11.9 Å². The maximum absolute atomic E-state index is 13.0. The smallest absolute Gasteiger partial charge is 0.320 e. The van der Waals surface area contributed by atoms with E-state index in [1.54, 1.807) is 29.3 Å². The Hall–Kier alpha value is -5.77. The van der Waals surface area contributed by atoms with Crippen LogP contribution in [0.25, 0.3) is 0 Å². The predicted octanol–water partition coefficient (Wildman–Crippen LogP) is 1.95. The van der Waals surface area contributed by atoms with Gasteiger partial charge in [0.05, 0.1) is 12.2 Å². The summed E-state index contributed by atoms with van der Waals surface area (Å²) in [5.74, 6) is -1.22. The van der Waals surface area contributed by atoms with Gasteiger partial charge in [-0.05, 0) is 68.0 Å². The highest BCUT2D eigenvalue weighted by molar-refractivity contribution is 6.06. The second-order valence-electron chi connectivity index (χ2n) is 13.6. The lowest BCUT2D eigenvalue weighted by Gasteiger charge is -2.37. The van der Waals surface area contributed by atoms with Gasteiger partial charge < -0.3 is 36.2 Å². The van der Waals surface area contributed by atoms with E-state index in [4.69, 9.17) is 10.7 Å². The summed E-state index contributed by atoms with van der Waals surface area (Å²) in [6, 6.07) is 12.1. The summed E-state index contributed by atoms with van der Waals surface area (Å²) in [7, 11) is 1.82. The van der Waals surface area contributed by atoms with Crippen LogP contribution in [0.2, 0.25) is 0 Å². The second kappa shape index (κ2) is 14.5. The monoisotopic (exact) mass is 710 g/mol. The molecule has 16 heteroatoms. The molecule has 3 atom stereocenters. The Balaban J connectivity index is 0.933. The fourth-order valence-electron chi connectivity index (χ4n) is 7.38. The largest absolute Gasteiger partial charge is 0.385 e. The van der Waals surface area contributed by atoms with E-state index in [2.05, 4.69) is 25.8 Å². The summed E-state index contributed by atoms with van der Waals surface area (Å²) in [5.41, 5.74) is 8.99. The molecule has 272 valence electrons. The molecule has 0 radical (unpaired) electrons. The molecule has 0 bridgehead atoms. The molecule has 2 aromatic carbocycles. The third-order valence-corrected chi connectivity index (χ3v) is 10.2. The van der Waals surface area contributed by atoms with Crippen molar-refractivity contribution in [2.45, 2.75) is 56.8 Å². The third-order valence-electron chi connectivity index (χ3n) is 10.2. The quantitative estimate of drug-likeness (QED) is 0.144. The number of imide groups is 1. The number of nitrogens with one attached hydrogen (secondary N) is 3. The van der Waals surface area contributed by atoms with Crippen LogP contribution in [0.5, 0.6) is 0 Å². The third kappa shape index (κ3) is 6.93. The Bertz CT molecular complexity index is 1900. The number of urea groups is 1. The highest BCUT2D eigenvalue weighted by Crippen LogP contribution is 2.36. The van der Waals surface area contributed by atoms with Crippen molar-refractivity contribution < 1.29 is 29.1 Å². The Morgan fingerprint density at radius 2 is 1.83 bits per heavy atom. The summed E-state index contributed by atoms with van der Waals surface area (Å²) in [6.07, 6.45) is 3.95. The molecule has 0 aliphatic carbocycles. The summed E-state index contributed by atoms with van der Waals surface area (Å²) in [6.45, 7) is 3.44. The molecule has 0 saturated carbocycles. The molecule has 7 rings (SSSR count). The first-order chi connectivity index (χ1) is 25.1. The molecule has 1 aromatic heterocycles. The lowest BCUT2D eigenvalue weighted by atomic mass is 10.0. The fourth-order valence-corrected chi connectivity index (χ4v) is 7.38. The molecule has 2 unspecified atom stereocenters. The molecule has 5 heterocycles. The number of carbonyl (C=O) groups excluding carboxylic acids is 5. The lowest BCUT2D eigenvalue weighted by Crippen LogP contribution is -2.53. The van der Waals surface area contributed by atoms with Crippen molar-refractivity contribution in [1.82, 2.24) is 30.0 Å². The van der Waals surface area contributed by atoms with Crippen LogP contribution in [0, 0.1) is 0 Å². The van der Waals surface area contributed by atoms with Crippen molar-refractivity contribution in [3.8, 4) is 0 Å². The number of aliphatic hydroxyl groups is 1. The van der Waals surface area contributed by atoms with Crippen LogP contribution < -0.4 is 26.6 Å². The Kier molecular flexibility index (Phi) is 9.64. The van der Waals surface area contributed by atoms with Crippen LogP contribution in [-0.4, -0.2) is 111 Å². The number of aryl methyl sites for hydroxylation is 1. The van der Waals surface area contributed by atoms with Gasteiger partial charge in [0.2, 0.25) is 11.8 Å². The zero-order valence-corrected chi connectivity index (χ0v) is 28.9. The van der Waals surface area contributed by atoms with Crippen molar-refractivity contribution in [2.75, 3.05) is 55.3 Å². The molecule has 4 aliphatic rings. The van der Waals surface area contributed by atoms with Crippen LogP contribution in [-0.2, 0) is 16.0 Å². The first-order valence-electron chi connectivity index (χ1n) is 17.6. The van der Waals surface area contributed by atoms with Crippen molar-refractivity contribution >= 4 is 52.7 Å². The van der Waals surface area contributed by atoms with Crippen LogP contribution in [0.1, 0.15) is 70.3 Å². The van der Waals surface area contributed by atoms with E-state index in [1.807, 2.05) is 36.2 Å². The Labute approximate surface area is 300 Å². The molecule has 6 N–H and O–H groups in total. The number of carbonyl (C=O) groups is 5. The molecule has 6 amide bonds. The first-order valence-corrected chi connectivity index (χ1v) is 17.6. The summed E-state index contributed by atoms with van der Waals surface area (Å²) >= 11 is 0. The Morgan fingerprint density at radius 1 is 1.04 bits per heavy atom. The minimum atomic E-state index is -1.28. The number of hydrogen-bond acceptors (Lipinski definition) is 11. The lowest BCUT2D eigenvalue weighted by molar-refractivity contribution is -0.139. The summed E-state index contributed by atoms with van der Waals surface area (Å²) in [4.78, 5) is 77.8. The molecular formula is C36H42N10O6. The number of hydrogen-bond donors (Lipinski definition) is 5. The molecule has 3 fully saturated rings. The van der Waals surface area contributed by atoms with Gasteiger partial charge in [-0.25, -0.2) is 14.8 Å². The zero-order valence-electron chi connectivity index (χ0n) is 28.9. The van der Waals surface area contributed by atoms with E-state index >= 15 is 0 Å². The van der Waals surface area contributed by atoms with Gasteiger partial charge in [0.15, 0.2) is 17.7 Å². The van der Waals surface area contributed by atoms with Gasteiger partial charge in [-0.3, -0.25) is 29.4 Å². The normalized spacial score (nSPS) is 21.8. The standard InChI is InChI=1S/C36H42N10O6/c1-43-16-17-45(36(43)52)24-5-3-15-44(20-24)28-19-39-30(31(37)48)32(41-28)40-22-8-6-21(7-9-22)4-2-14-38-23-10-11-25-26(18-23)35(51)46(34(25)50)27-12-13-29(47)42-33(27)49/h6-11,18-19,24,27,35,38,51H,2-5,12-17,20H2,1H3,(H2,37,48)(H,40,41)(H,42,47,49)/t24-,27?,35?/m1/s1. The number of fused-ring (bicyclic) bond motifs is 1. The number of anilines is 4. The number of primary amides is 1. The number of amides is 6. The SMILES string of the molecule is CN1CCN([C@@H]2CCCN(c3cnc(C(N)=O)c(Nc4ccc(CCCNc5ccc6c(c5)C(O)N(C5CCC(=O)NC5=O)C6=O)cc4)n3)C2)C1=O. The molecule has 16 nitrogen and oxygen atoms in total. The number of rotatable bonds is 11. The number of aromatic nitrogens is 2. The van der Waals surface area contributed by atoms with E-state index < -0.39 is 30.0 Å².